The third-order valence-electron chi connectivity index (χ3n) is 3.81. The maximum absolute atomic E-state index is 11.7. The molecule has 0 fully saturated rings. The largest absolute Gasteiger partial charge is 0.465 e. The fourth-order valence-electron chi connectivity index (χ4n) is 2.62. The van der Waals surface area contributed by atoms with Crippen molar-refractivity contribution >= 4 is 29.2 Å². The number of carbonyl (C=O) groups is 1. The monoisotopic (exact) mass is 321 g/mol. The molecule has 2 aromatic rings. The van der Waals surface area contributed by atoms with Gasteiger partial charge in [-0.05, 0) is 41.5 Å². The van der Waals surface area contributed by atoms with E-state index in [2.05, 4.69) is 5.32 Å². The van der Waals surface area contributed by atoms with Gasteiger partial charge in [-0.1, -0.05) is 24.3 Å². The predicted molar refractivity (Wildman–Crippen MR) is 90.9 cm³/mol. The van der Waals surface area contributed by atoms with Crippen molar-refractivity contribution in [1.29, 1.82) is 0 Å². The van der Waals surface area contributed by atoms with E-state index in [9.17, 15) is 14.7 Å². The topological polar surface area (TPSA) is 75.6 Å². The number of aliphatic hydroxyl groups excluding tert-OH is 1. The number of hydrogen-bond acceptors (Lipinski definition) is 5. The van der Waals surface area contributed by atoms with Crippen LogP contribution in [0.25, 0.3) is 11.6 Å². The van der Waals surface area contributed by atoms with Crippen LogP contribution in [0.15, 0.2) is 54.2 Å². The molecule has 0 saturated carbocycles. The molecule has 0 aliphatic heterocycles. The zero-order valence-electron chi connectivity index (χ0n) is 12.9. The van der Waals surface area contributed by atoms with Gasteiger partial charge in [0.25, 0.3) is 0 Å². The highest BCUT2D eigenvalue weighted by molar-refractivity contribution is 5.99. The zero-order valence-corrected chi connectivity index (χ0v) is 12.9. The third-order valence-corrected chi connectivity index (χ3v) is 3.81. The first-order valence-electron chi connectivity index (χ1n) is 7.33. The van der Waals surface area contributed by atoms with E-state index in [1.165, 1.54) is 7.11 Å². The molecule has 2 N–H and O–H groups in total. The standard InChI is InChI=1S/C19H15NO4/c1-24-19(23)12-7-8-15-13(9-12)10-17(18(22)16(15)11-21)20-14-5-3-2-4-6-14/h2-10,18,20,22H,1H3. The van der Waals surface area contributed by atoms with E-state index in [1.807, 2.05) is 36.3 Å². The Bertz CT molecular complexity index is 864. The molecule has 0 spiro atoms. The van der Waals surface area contributed by atoms with Gasteiger partial charge in [-0.3, -0.25) is 0 Å². The summed E-state index contributed by atoms with van der Waals surface area (Å²) < 4.78 is 4.72. The molecular formula is C19H15NO4. The second-order valence-corrected chi connectivity index (χ2v) is 5.30. The maximum atomic E-state index is 11.7. The van der Waals surface area contributed by atoms with Gasteiger partial charge in [0.1, 0.15) is 12.0 Å². The minimum absolute atomic E-state index is 0.127. The molecule has 2 aromatic carbocycles. The van der Waals surface area contributed by atoms with Gasteiger partial charge < -0.3 is 15.2 Å². The van der Waals surface area contributed by atoms with Gasteiger partial charge in [-0.15, -0.1) is 0 Å². The summed E-state index contributed by atoms with van der Waals surface area (Å²) in [6.45, 7) is 0. The lowest BCUT2D eigenvalue weighted by Gasteiger charge is -2.24. The van der Waals surface area contributed by atoms with E-state index in [4.69, 9.17) is 4.74 Å². The Morgan fingerprint density at radius 1 is 1.21 bits per heavy atom. The van der Waals surface area contributed by atoms with Crippen LogP contribution in [0, 0.1) is 0 Å². The first kappa shape index (κ1) is 15.7. The SMILES string of the molecule is COC(=O)c1ccc2c(c1)C=C(Nc1ccccc1)C(O)C2=C=O. The molecule has 0 radical (unpaired) electrons. The number of ether oxygens (including phenoxy) is 1. The van der Waals surface area contributed by atoms with Gasteiger partial charge >= 0.3 is 5.97 Å². The summed E-state index contributed by atoms with van der Waals surface area (Å²) in [5.41, 5.74) is 2.90. The number of hydrogen-bond donors (Lipinski definition) is 2. The lowest BCUT2D eigenvalue weighted by atomic mass is 9.88. The highest BCUT2D eigenvalue weighted by Crippen LogP contribution is 2.33. The zero-order chi connectivity index (χ0) is 17.1. The molecule has 0 bridgehead atoms. The Morgan fingerprint density at radius 3 is 2.62 bits per heavy atom. The van der Waals surface area contributed by atoms with E-state index >= 15 is 0 Å². The summed E-state index contributed by atoms with van der Waals surface area (Å²) in [4.78, 5) is 23.0. The van der Waals surface area contributed by atoms with Crippen LogP contribution < -0.4 is 5.32 Å². The van der Waals surface area contributed by atoms with Crippen molar-refractivity contribution in [2.75, 3.05) is 12.4 Å². The number of carbonyl (C=O) groups excluding carboxylic acids is 2. The number of esters is 1. The number of benzene rings is 2. The van der Waals surface area contributed by atoms with Crippen LogP contribution in [-0.2, 0) is 9.53 Å². The van der Waals surface area contributed by atoms with Crippen molar-refractivity contribution in [2.45, 2.75) is 6.10 Å². The van der Waals surface area contributed by atoms with Crippen molar-refractivity contribution in [3.05, 3.63) is 70.9 Å². The molecule has 1 aliphatic carbocycles. The Balaban J connectivity index is 2.06. The van der Waals surface area contributed by atoms with Gasteiger partial charge in [-0.25, -0.2) is 9.59 Å². The minimum Gasteiger partial charge on any atom is -0.465 e. The van der Waals surface area contributed by atoms with Crippen LogP contribution in [-0.4, -0.2) is 30.2 Å². The van der Waals surface area contributed by atoms with E-state index in [0.717, 1.165) is 5.69 Å². The van der Waals surface area contributed by atoms with Crippen molar-refractivity contribution in [1.82, 2.24) is 0 Å². The van der Waals surface area contributed by atoms with Crippen molar-refractivity contribution in [3.8, 4) is 0 Å². The average molecular weight is 321 g/mol. The number of nitrogens with one attached hydrogen (secondary N) is 1. The minimum atomic E-state index is -1.11. The van der Waals surface area contributed by atoms with Crippen LogP contribution in [0.2, 0.25) is 0 Å². The molecule has 1 aliphatic rings. The molecule has 120 valence electrons. The predicted octanol–water partition coefficient (Wildman–Crippen LogP) is 2.52. The van der Waals surface area contributed by atoms with Crippen LogP contribution in [0.5, 0.6) is 0 Å². The number of para-hydroxylation sites is 1. The van der Waals surface area contributed by atoms with Crippen molar-refractivity contribution < 1.29 is 19.4 Å². The molecule has 5 nitrogen and oxygen atoms in total. The van der Waals surface area contributed by atoms with E-state index in [-0.39, 0.29) is 5.57 Å². The Morgan fingerprint density at radius 2 is 1.96 bits per heavy atom. The molecule has 24 heavy (non-hydrogen) atoms. The van der Waals surface area contributed by atoms with Gasteiger partial charge in [0.15, 0.2) is 0 Å². The van der Waals surface area contributed by atoms with Crippen LogP contribution in [0.1, 0.15) is 21.5 Å². The molecule has 0 aromatic heterocycles. The van der Waals surface area contributed by atoms with E-state index in [0.29, 0.717) is 22.4 Å². The molecule has 1 unspecified atom stereocenters. The van der Waals surface area contributed by atoms with Crippen LogP contribution >= 0.6 is 0 Å². The van der Waals surface area contributed by atoms with E-state index in [1.54, 1.807) is 24.3 Å². The second kappa shape index (κ2) is 6.54. The Kier molecular flexibility index (Phi) is 4.29. The Labute approximate surface area is 138 Å². The molecule has 0 heterocycles. The summed E-state index contributed by atoms with van der Waals surface area (Å²) >= 11 is 0. The average Bonchev–Trinajstić information content (AvgIpc) is 2.62. The highest BCUT2D eigenvalue weighted by Gasteiger charge is 2.26. The molecule has 0 saturated heterocycles. The summed E-state index contributed by atoms with van der Waals surface area (Å²) in [5.74, 6) is 1.34. The van der Waals surface area contributed by atoms with Gasteiger partial charge in [0.05, 0.1) is 23.9 Å². The summed E-state index contributed by atoms with van der Waals surface area (Å²) in [6.07, 6.45) is 0.597. The number of rotatable bonds is 3. The molecular weight excluding hydrogens is 306 g/mol. The van der Waals surface area contributed by atoms with Crippen molar-refractivity contribution in [2.24, 2.45) is 0 Å². The van der Waals surface area contributed by atoms with Crippen LogP contribution in [0.4, 0.5) is 5.69 Å². The van der Waals surface area contributed by atoms with Gasteiger partial charge in [0, 0.05) is 5.69 Å². The normalized spacial score (nSPS) is 15.8. The maximum Gasteiger partial charge on any atom is 0.337 e. The summed E-state index contributed by atoms with van der Waals surface area (Å²) in [5, 5.41) is 13.5. The number of anilines is 1. The third kappa shape index (κ3) is 2.86. The highest BCUT2D eigenvalue weighted by atomic mass is 16.5. The van der Waals surface area contributed by atoms with Crippen LogP contribution in [0.3, 0.4) is 0 Å². The quantitative estimate of drug-likeness (QED) is 0.671. The number of fused-ring (bicyclic) bond motifs is 1. The number of aliphatic hydroxyl groups is 1. The number of methoxy groups -OCH3 is 1. The van der Waals surface area contributed by atoms with Gasteiger partial charge in [0.2, 0.25) is 0 Å². The summed E-state index contributed by atoms with van der Waals surface area (Å²) in [6, 6.07) is 14.1. The summed E-state index contributed by atoms with van der Waals surface area (Å²) in [7, 11) is 1.31. The smallest absolute Gasteiger partial charge is 0.337 e. The first-order valence-corrected chi connectivity index (χ1v) is 7.33. The fraction of sp³-hybridized carbons (Fsp3) is 0.105. The lowest BCUT2D eigenvalue weighted by Crippen LogP contribution is -2.23. The molecule has 5 heteroatoms. The first-order chi connectivity index (χ1) is 11.6. The lowest BCUT2D eigenvalue weighted by molar-refractivity contribution is 0.0600. The molecule has 0 amide bonds. The van der Waals surface area contributed by atoms with Crippen molar-refractivity contribution in [3.63, 3.8) is 0 Å². The molecule has 1 atom stereocenters. The molecule has 3 rings (SSSR count). The van der Waals surface area contributed by atoms with Gasteiger partial charge in [-0.2, -0.15) is 0 Å². The fourth-order valence-corrected chi connectivity index (χ4v) is 2.62. The second-order valence-electron chi connectivity index (χ2n) is 5.30. The Hall–Kier alpha value is -3.14. The van der Waals surface area contributed by atoms with E-state index < -0.39 is 12.1 Å².